The van der Waals surface area contributed by atoms with Gasteiger partial charge in [-0.05, 0) is 55.0 Å². The Kier molecular flexibility index (Phi) is 6.32. The van der Waals surface area contributed by atoms with Gasteiger partial charge in [0.1, 0.15) is 0 Å². The molecule has 0 spiro atoms. The van der Waals surface area contributed by atoms with Crippen molar-refractivity contribution in [3.63, 3.8) is 0 Å². The van der Waals surface area contributed by atoms with Crippen LogP contribution in [0.3, 0.4) is 0 Å². The lowest BCUT2D eigenvalue weighted by Crippen LogP contribution is -2.31. The van der Waals surface area contributed by atoms with Crippen LogP contribution in [0.5, 0.6) is 11.5 Å². The highest BCUT2D eigenvalue weighted by Gasteiger charge is 2.14. The van der Waals surface area contributed by atoms with Gasteiger partial charge in [0.2, 0.25) is 5.76 Å². The van der Waals surface area contributed by atoms with Crippen molar-refractivity contribution in [3.05, 3.63) is 47.9 Å². The Bertz CT molecular complexity index is 729. The van der Waals surface area contributed by atoms with E-state index < -0.39 is 5.97 Å². The lowest BCUT2D eigenvalue weighted by Gasteiger charge is -2.09. The van der Waals surface area contributed by atoms with Gasteiger partial charge in [-0.25, -0.2) is 4.79 Å². The highest BCUT2D eigenvalue weighted by atomic mass is 32.1. The predicted octanol–water partition coefficient (Wildman–Crippen LogP) is 2.33. The van der Waals surface area contributed by atoms with Crippen LogP contribution >= 0.6 is 12.2 Å². The Morgan fingerprint density at radius 1 is 1.38 bits per heavy atom. The van der Waals surface area contributed by atoms with Crippen molar-refractivity contribution >= 4 is 29.5 Å². The summed E-state index contributed by atoms with van der Waals surface area (Å²) in [6.45, 7) is 2.65. The van der Waals surface area contributed by atoms with Gasteiger partial charge in [-0.3, -0.25) is 5.43 Å². The van der Waals surface area contributed by atoms with Crippen LogP contribution in [-0.4, -0.2) is 31.0 Å². The summed E-state index contributed by atoms with van der Waals surface area (Å²) in [4.78, 5) is 11.9. The Balaban J connectivity index is 2.05. The summed E-state index contributed by atoms with van der Waals surface area (Å²) in [6.07, 6.45) is 2.97. The molecule has 0 fully saturated rings. The maximum absolute atomic E-state index is 11.9. The highest BCUT2D eigenvalue weighted by Crippen LogP contribution is 2.28. The molecule has 2 aromatic rings. The Labute approximate surface area is 144 Å². The van der Waals surface area contributed by atoms with Crippen molar-refractivity contribution in [2.24, 2.45) is 5.10 Å². The third-order valence-corrected chi connectivity index (χ3v) is 3.07. The van der Waals surface area contributed by atoms with E-state index in [1.165, 1.54) is 19.4 Å². The first-order valence-electron chi connectivity index (χ1n) is 7.14. The predicted molar refractivity (Wildman–Crippen MR) is 93.7 cm³/mol. The average molecular weight is 347 g/mol. The number of thiocarbonyl (C=S) groups is 1. The molecule has 0 saturated heterocycles. The first-order chi connectivity index (χ1) is 11.6. The van der Waals surface area contributed by atoms with Crippen molar-refractivity contribution in [2.45, 2.75) is 6.92 Å². The summed E-state index contributed by atoms with van der Waals surface area (Å²) in [7, 11) is 1.49. The van der Waals surface area contributed by atoms with Crippen LogP contribution in [0.15, 0.2) is 46.1 Å². The maximum atomic E-state index is 11.9. The number of hydrogen-bond donors (Lipinski definition) is 2. The SMILES string of the molecule is CCNC(=S)N/N=C\c1ccc(OC(=O)c2ccco2)c(OC)c1. The van der Waals surface area contributed by atoms with Gasteiger partial charge in [-0.15, -0.1) is 0 Å². The number of methoxy groups -OCH3 is 1. The van der Waals surface area contributed by atoms with Crippen LogP contribution in [0.25, 0.3) is 0 Å². The van der Waals surface area contributed by atoms with E-state index in [4.69, 9.17) is 26.1 Å². The van der Waals surface area contributed by atoms with Crippen molar-refractivity contribution in [2.75, 3.05) is 13.7 Å². The van der Waals surface area contributed by atoms with E-state index >= 15 is 0 Å². The lowest BCUT2D eigenvalue weighted by atomic mass is 10.2. The minimum absolute atomic E-state index is 0.115. The number of furan rings is 1. The standard InChI is InChI=1S/C16H17N3O4S/c1-3-17-16(24)19-18-10-11-6-7-12(14(9-11)21-2)23-15(20)13-5-4-8-22-13/h4-10H,3H2,1-2H3,(H2,17,19,24)/b18-10-. The molecular formula is C16H17N3O4S. The summed E-state index contributed by atoms with van der Waals surface area (Å²) < 4.78 is 15.5. The summed E-state index contributed by atoms with van der Waals surface area (Å²) in [6, 6.07) is 8.16. The molecule has 24 heavy (non-hydrogen) atoms. The third-order valence-electron chi connectivity index (χ3n) is 2.83. The molecule has 0 aliphatic heterocycles. The average Bonchev–Trinajstić information content (AvgIpc) is 3.11. The van der Waals surface area contributed by atoms with Crippen LogP contribution in [-0.2, 0) is 0 Å². The van der Waals surface area contributed by atoms with Crippen LogP contribution in [0.4, 0.5) is 0 Å². The van der Waals surface area contributed by atoms with E-state index in [0.29, 0.717) is 17.4 Å². The number of hydrogen-bond acceptors (Lipinski definition) is 6. The maximum Gasteiger partial charge on any atom is 0.379 e. The van der Waals surface area contributed by atoms with Gasteiger partial charge in [0, 0.05) is 6.54 Å². The van der Waals surface area contributed by atoms with Crippen molar-refractivity contribution < 1.29 is 18.7 Å². The van der Waals surface area contributed by atoms with Gasteiger partial charge < -0.3 is 19.2 Å². The van der Waals surface area contributed by atoms with Gasteiger partial charge in [-0.1, -0.05) is 0 Å². The number of hydrazone groups is 1. The van der Waals surface area contributed by atoms with Gasteiger partial charge in [0.25, 0.3) is 0 Å². The molecule has 126 valence electrons. The fourth-order valence-corrected chi connectivity index (χ4v) is 1.96. The molecule has 0 aliphatic rings. The zero-order valence-electron chi connectivity index (χ0n) is 13.2. The first-order valence-corrected chi connectivity index (χ1v) is 7.55. The summed E-state index contributed by atoms with van der Waals surface area (Å²) in [5, 5.41) is 7.36. The molecule has 7 nitrogen and oxygen atoms in total. The molecule has 0 bridgehead atoms. The number of carbonyl (C=O) groups is 1. The van der Waals surface area contributed by atoms with Crippen molar-refractivity contribution in [3.8, 4) is 11.5 Å². The Hall–Kier alpha value is -2.87. The van der Waals surface area contributed by atoms with E-state index in [2.05, 4.69) is 15.8 Å². The number of rotatable bonds is 6. The number of benzene rings is 1. The van der Waals surface area contributed by atoms with Gasteiger partial charge >= 0.3 is 5.97 Å². The molecule has 2 N–H and O–H groups in total. The smallest absolute Gasteiger partial charge is 0.379 e. The van der Waals surface area contributed by atoms with Crippen LogP contribution < -0.4 is 20.2 Å². The monoisotopic (exact) mass is 347 g/mol. The van der Waals surface area contributed by atoms with Gasteiger partial charge in [-0.2, -0.15) is 5.10 Å². The number of nitrogens with one attached hydrogen (secondary N) is 2. The molecular weight excluding hydrogens is 330 g/mol. The van der Waals surface area contributed by atoms with Crippen LogP contribution in [0.1, 0.15) is 23.0 Å². The zero-order valence-corrected chi connectivity index (χ0v) is 14.1. The lowest BCUT2D eigenvalue weighted by molar-refractivity contribution is 0.0696. The number of esters is 1. The largest absolute Gasteiger partial charge is 0.493 e. The molecule has 8 heteroatoms. The summed E-state index contributed by atoms with van der Waals surface area (Å²) in [5.74, 6) is 0.196. The van der Waals surface area contributed by atoms with Crippen LogP contribution in [0.2, 0.25) is 0 Å². The first kappa shape index (κ1) is 17.5. The molecule has 0 saturated carbocycles. The van der Waals surface area contributed by atoms with E-state index in [9.17, 15) is 4.79 Å². The Morgan fingerprint density at radius 3 is 2.88 bits per heavy atom. The molecule has 1 aromatic heterocycles. The highest BCUT2D eigenvalue weighted by molar-refractivity contribution is 7.80. The molecule has 0 amide bonds. The normalized spacial score (nSPS) is 10.4. The number of ether oxygens (including phenoxy) is 2. The van der Waals surface area contributed by atoms with E-state index in [1.807, 2.05) is 6.92 Å². The summed E-state index contributed by atoms with van der Waals surface area (Å²) in [5.41, 5.74) is 3.43. The fourth-order valence-electron chi connectivity index (χ4n) is 1.76. The minimum Gasteiger partial charge on any atom is -0.493 e. The molecule has 1 aromatic carbocycles. The summed E-state index contributed by atoms with van der Waals surface area (Å²) >= 11 is 5.00. The fraction of sp³-hybridized carbons (Fsp3) is 0.188. The quantitative estimate of drug-likeness (QED) is 0.273. The molecule has 0 aliphatic carbocycles. The molecule has 2 rings (SSSR count). The molecule has 0 unspecified atom stereocenters. The molecule has 1 heterocycles. The van der Waals surface area contributed by atoms with Gasteiger partial charge in [0.05, 0.1) is 19.6 Å². The van der Waals surface area contributed by atoms with E-state index in [0.717, 1.165) is 5.56 Å². The molecule has 0 radical (unpaired) electrons. The minimum atomic E-state index is -0.600. The Morgan fingerprint density at radius 2 is 2.21 bits per heavy atom. The zero-order chi connectivity index (χ0) is 17.4. The number of carbonyl (C=O) groups excluding carboxylic acids is 1. The topological polar surface area (TPSA) is 85.1 Å². The number of nitrogens with zero attached hydrogens (tertiary/aromatic N) is 1. The third kappa shape index (κ3) is 4.82. The van der Waals surface area contributed by atoms with Crippen LogP contribution in [0, 0.1) is 0 Å². The second kappa shape index (κ2) is 8.68. The van der Waals surface area contributed by atoms with E-state index in [1.54, 1.807) is 30.5 Å². The van der Waals surface area contributed by atoms with Crippen molar-refractivity contribution in [1.82, 2.24) is 10.7 Å². The van der Waals surface area contributed by atoms with E-state index in [-0.39, 0.29) is 11.5 Å². The van der Waals surface area contributed by atoms with Crippen molar-refractivity contribution in [1.29, 1.82) is 0 Å². The second-order valence-electron chi connectivity index (χ2n) is 4.51. The second-order valence-corrected chi connectivity index (χ2v) is 4.91. The van der Waals surface area contributed by atoms with Gasteiger partial charge in [0.15, 0.2) is 16.6 Å². The molecule has 0 atom stereocenters.